The molecule has 1 aromatic rings. The van der Waals surface area contributed by atoms with Crippen molar-refractivity contribution in [3.63, 3.8) is 0 Å². The van der Waals surface area contributed by atoms with Crippen molar-refractivity contribution in [1.29, 1.82) is 0 Å². The summed E-state index contributed by atoms with van der Waals surface area (Å²) < 4.78 is 0. The molecule has 0 radical (unpaired) electrons. The minimum Gasteiger partial charge on any atom is -0.383 e. The van der Waals surface area contributed by atoms with Crippen LogP contribution in [0.15, 0.2) is 4.79 Å². The van der Waals surface area contributed by atoms with Gasteiger partial charge in [-0.2, -0.15) is 0 Å². The molecule has 0 saturated heterocycles. The van der Waals surface area contributed by atoms with Crippen molar-refractivity contribution in [1.82, 2.24) is 9.97 Å². The molecule has 0 spiro atoms. The summed E-state index contributed by atoms with van der Waals surface area (Å²) >= 11 is 0. The Balaban J connectivity index is 3.43. The first-order chi connectivity index (χ1) is 5.52. The summed E-state index contributed by atoms with van der Waals surface area (Å²) in [5.41, 5.74) is 14.3. The highest BCUT2D eigenvalue weighted by Crippen LogP contribution is 2.01. The van der Waals surface area contributed by atoms with Crippen molar-refractivity contribution in [3.05, 3.63) is 16.0 Å². The second-order valence-electron chi connectivity index (χ2n) is 2.08. The minimum atomic E-state index is -0.838. The van der Waals surface area contributed by atoms with Gasteiger partial charge in [0.15, 0.2) is 11.5 Å². The molecule has 7 nitrogen and oxygen atoms in total. The molecule has 0 saturated carbocycles. The Hall–Kier alpha value is -2.05. The van der Waals surface area contributed by atoms with Crippen LogP contribution >= 0.6 is 0 Å². The number of nitrogens with zero attached hydrogens (tertiary/aromatic N) is 1. The van der Waals surface area contributed by atoms with Crippen molar-refractivity contribution < 1.29 is 4.79 Å². The molecule has 1 amide bonds. The molecule has 0 aliphatic carbocycles. The number of hydrogen-bond acceptors (Lipinski definition) is 5. The summed E-state index contributed by atoms with van der Waals surface area (Å²) in [6.07, 6.45) is 0. The van der Waals surface area contributed by atoms with Gasteiger partial charge in [0.1, 0.15) is 5.82 Å². The summed E-state index contributed by atoms with van der Waals surface area (Å²) in [6.45, 7) is 0. The van der Waals surface area contributed by atoms with E-state index in [0.29, 0.717) is 0 Å². The number of aromatic nitrogens is 2. The largest absolute Gasteiger partial charge is 0.383 e. The highest BCUT2D eigenvalue weighted by Gasteiger charge is 2.10. The lowest BCUT2D eigenvalue weighted by Crippen LogP contribution is -2.23. The Labute approximate surface area is 66.6 Å². The monoisotopic (exact) mass is 169 g/mol. The van der Waals surface area contributed by atoms with Crippen LogP contribution in [-0.2, 0) is 0 Å². The quantitative estimate of drug-likeness (QED) is 0.386. The molecule has 0 aromatic carbocycles. The number of amides is 1. The Morgan fingerprint density at radius 1 is 1.42 bits per heavy atom. The Morgan fingerprint density at radius 3 is 2.50 bits per heavy atom. The summed E-state index contributed by atoms with van der Waals surface area (Å²) in [5.74, 6) is -1.35. The van der Waals surface area contributed by atoms with E-state index in [-0.39, 0.29) is 17.3 Å². The molecule has 0 aliphatic rings. The molecular weight excluding hydrogens is 162 g/mol. The van der Waals surface area contributed by atoms with Crippen LogP contribution in [0.25, 0.3) is 0 Å². The fourth-order valence-electron chi connectivity index (χ4n) is 0.665. The minimum absolute atomic E-state index is 0.179. The highest BCUT2D eigenvalue weighted by atomic mass is 16.1. The number of primary amides is 1. The van der Waals surface area contributed by atoms with Crippen LogP contribution in [0.1, 0.15) is 10.5 Å². The van der Waals surface area contributed by atoms with E-state index in [4.69, 9.17) is 17.2 Å². The van der Waals surface area contributed by atoms with E-state index in [2.05, 4.69) is 9.97 Å². The number of nitrogens with two attached hydrogens (primary N) is 3. The molecule has 12 heavy (non-hydrogen) atoms. The third kappa shape index (κ3) is 1.19. The van der Waals surface area contributed by atoms with Crippen LogP contribution in [-0.4, -0.2) is 15.9 Å². The third-order valence-electron chi connectivity index (χ3n) is 1.20. The van der Waals surface area contributed by atoms with Gasteiger partial charge in [-0.3, -0.25) is 9.59 Å². The molecule has 0 atom stereocenters. The van der Waals surface area contributed by atoms with Gasteiger partial charge >= 0.3 is 0 Å². The summed E-state index contributed by atoms with van der Waals surface area (Å²) in [6, 6.07) is 0. The average molecular weight is 169 g/mol. The van der Waals surface area contributed by atoms with Gasteiger partial charge < -0.3 is 22.2 Å². The zero-order valence-electron chi connectivity index (χ0n) is 6.00. The lowest BCUT2D eigenvalue weighted by atomic mass is 10.4. The van der Waals surface area contributed by atoms with E-state index in [0.717, 1.165) is 0 Å². The van der Waals surface area contributed by atoms with Gasteiger partial charge in [-0.15, -0.1) is 0 Å². The number of H-pyrrole nitrogens is 1. The van der Waals surface area contributed by atoms with Gasteiger partial charge in [-0.05, 0) is 0 Å². The predicted molar refractivity (Wildman–Crippen MR) is 42.2 cm³/mol. The maximum atomic E-state index is 10.7. The average Bonchev–Trinajstić information content (AvgIpc) is 1.96. The standard InChI is InChI=1S/C5H7N5O2/c6-2-1(4(8)11)9-3(7)5(12)10-2/h(H2,7,9)(H2,8,11)(H3,6,10,12). The molecule has 7 heteroatoms. The van der Waals surface area contributed by atoms with Crippen molar-refractivity contribution in [2.75, 3.05) is 11.5 Å². The summed E-state index contributed by atoms with van der Waals surface area (Å²) in [5, 5.41) is 0. The zero-order valence-corrected chi connectivity index (χ0v) is 6.00. The summed E-state index contributed by atoms with van der Waals surface area (Å²) in [7, 11) is 0. The lowest BCUT2D eigenvalue weighted by Gasteiger charge is -1.99. The molecule has 0 unspecified atom stereocenters. The number of nitrogen functional groups attached to an aromatic ring is 2. The number of carbonyl (C=O) groups is 1. The van der Waals surface area contributed by atoms with Gasteiger partial charge in [0.2, 0.25) is 0 Å². The van der Waals surface area contributed by atoms with Crippen LogP contribution in [0.5, 0.6) is 0 Å². The number of nitrogens with one attached hydrogen (secondary N) is 1. The van der Waals surface area contributed by atoms with E-state index in [1.165, 1.54) is 0 Å². The maximum absolute atomic E-state index is 10.7. The van der Waals surface area contributed by atoms with E-state index in [9.17, 15) is 9.59 Å². The van der Waals surface area contributed by atoms with Crippen molar-refractivity contribution in [3.8, 4) is 0 Å². The summed E-state index contributed by atoms with van der Waals surface area (Å²) in [4.78, 5) is 26.9. The molecule has 64 valence electrons. The fourth-order valence-corrected chi connectivity index (χ4v) is 0.665. The van der Waals surface area contributed by atoms with Crippen LogP contribution in [0.3, 0.4) is 0 Å². The van der Waals surface area contributed by atoms with Gasteiger partial charge in [0, 0.05) is 0 Å². The SMILES string of the molecule is NC(=O)c1nc(N)c(=O)[nH]c1N. The Morgan fingerprint density at radius 2 is 2.00 bits per heavy atom. The van der Waals surface area contributed by atoms with Crippen molar-refractivity contribution in [2.24, 2.45) is 5.73 Å². The highest BCUT2D eigenvalue weighted by molar-refractivity contribution is 5.95. The first-order valence-corrected chi connectivity index (χ1v) is 2.97. The fraction of sp³-hybridized carbons (Fsp3) is 0. The first kappa shape index (κ1) is 8.05. The predicted octanol–water partition coefficient (Wildman–Crippen LogP) is -1.97. The van der Waals surface area contributed by atoms with Crippen molar-refractivity contribution in [2.45, 2.75) is 0 Å². The molecule has 0 aliphatic heterocycles. The maximum Gasteiger partial charge on any atom is 0.292 e. The smallest absolute Gasteiger partial charge is 0.292 e. The zero-order chi connectivity index (χ0) is 9.30. The van der Waals surface area contributed by atoms with E-state index >= 15 is 0 Å². The second-order valence-corrected chi connectivity index (χ2v) is 2.08. The Bertz CT molecular complexity index is 382. The first-order valence-electron chi connectivity index (χ1n) is 2.97. The molecular formula is C5H7N5O2. The van der Waals surface area contributed by atoms with Gasteiger partial charge in [-0.1, -0.05) is 0 Å². The molecule has 7 N–H and O–H groups in total. The lowest BCUT2D eigenvalue weighted by molar-refractivity contribution is 0.0996. The van der Waals surface area contributed by atoms with Gasteiger partial charge in [-0.25, -0.2) is 4.98 Å². The molecule has 0 bridgehead atoms. The number of rotatable bonds is 1. The third-order valence-corrected chi connectivity index (χ3v) is 1.20. The van der Waals surface area contributed by atoms with E-state index in [1.54, 1.807) is 0 Å². The number of aromatic amines is 1. The van der Waals surface area contributed by atoms with Crippen LogP contribution < -0.4 is 22.8 Å². The van der Waals surface area contributed by atoms with Crippen molar-refractivity contribution >= 4 is 17.5 Å². The molecule has 1 aromatic heterocycles. The second kappa shape index (κ2) is 2.53. The van der Waals surface area contributed by atoms with Crippen LogP contribution in [0.4, 0.5) is 11.6 Å². The Kier molecular flexibility index (Phi) is 1.70. The molecule has 0 fully saturated rings. The van der Waals surface area contributed by atoms with Gasteiger partial charge in [0.25, 0.3) is 11.5 Å². The normalized spacial score (nSPS) is 9.67. The topological polar surface area (TPSA) is 141 Å². The molecule has 1 rings (SSSR count). The molecule has 1 heterocycles. The number of anilines is 2. The van der Waals surface area contributed by atoms with Crippen LogP contribution in [0.2, 0.25) is 0 Å². The van der Waals surface area contributed by atoms with Gasteiger partial charge in [0.05, 0.1) is 0 Å². The van der Waals surface area contributed by atoms with Crippen LogP contribution in [0, 0.1) is 0 Å². The van der Waals surface area contributed by atoms with E-state index in [1.807, 2.05) is 0 Å². The number of carbonyl (C=O) groups excluding carboxylic acids is 1. The number of hydrogen-bond donors (Lipinski definition) is 4. The van der Waals surface area contributed by atoms with E-state index < -0.39 is 11.5 Å².